The first-order valence-corrected chi connectivity index (χ1v) is 13.1. The van der Waals surface area contributed by atoms with Crippen molar-refractivity contribution in [1.29, 1.82) is 0 Å². The molecule has 1 aliphatic rings. The van der Waals surface area contributed by atoms with Crippen molar-refractivity contribution in [2.45, 2.75) is 30.0 Å². The summed E-state index contributed by atoms with van der Waals surface area (Å²) in [5.74, 6) is -0.117. The summed E-state index contributed by atoms with van der Waals surface area (Å²) in [6.07, 6.45) is 2.26. The normalized spacial score (nSPS) is 13.6. The summed E-state index contributed by atoms with van der Waals surface area (Å²) in [5, 5.41) is 4.59. The van der Waals surface area contributed by atoms with Gasteiger partial charge in [0.2, 0.25) is 5.91 Å². The van der Waals surface area contributed by atoms with Gasteiger partial charge in [0.15, 0.2) is 0 Å². The first kappa shape index (κ1) is 23.0. The van der Waals surface area contributed by atoms with Crippen LogP contribution in [0.1, 0.15) is 34.3 Å². The van der Waals surface area contributed by atoms with Crippen molar-refractivity contribution in [3.8, 4) is 0 Å². The molecular weight excluding hydrogens is 458 g/mol. The van der Waals surface area contributed by atoms with Crippen LogP contribution in [0, 0.1) is 0 Å². The van der Waals surface area contributed by atoms with Crippen molar-refractivity contribution in [1.82, 2.24) is 10.2 Å². The van der Waals surface area contributed by atoms with E-state index in [2.05, 4.69) is 10.0 Å². The van der Waals surface area contributed by atoms with Gasteiger partial charge in [-0.3, -0.25) is 14.3 Å². The molecule has 7 nitrogen and oxygen atoms in total. The molecule has 2 aromatic carbocycles. The molecule has 2 N–H and O–H groups in total. The van der Waals surface area contributed by atoms with E-state index in [9.17, 15) is 18.0 Å². The Balaban J connectivity index is 1.29. The summed E-state index contributed by atoms with van der Waals surface area (Å²) in [5.41, 5.74) is 2.72. The van der Waals surface area contributed by atoms with Crippen LogP contribution in [0.2, 0.25) is 0 Å². The van der Waals surface area contributed by atoms with E-state index in [1.807, 2.05) is 23.1 Å². The quantitative estimate of drug-likeness (QED) is 0.511. The number of likely N-dealkylation sites (tertiary alicyclic amines) is 1. The lowest BCUT2D eigenvalue weighted by Crippen LogP contribution is -2.28. The predicted octanol–water partition coefficient (Wildman–Crippen LogP) is 3.64. The Morgan fingerprint density at radius 1 is 0.939 bits per heavy atom. The Bertz CT molecular complexity index is 1220. The van der Waals surface area contributed by atoms with Gasteiger partial charge >= 0.3 is 0 Å². The number of thiophene rings is 1. The van der Waals surface area contributed by atoms with Gasteiger partial charge < -0.3 is 10.2 Å². The lowest BCUT2D eigenvalue weighted by molar-refractivity contribution is -0.120. The van der Waals surface area contributed by atoms with Crippen LogP contribution in [-0.2, 0) is 27.8 Å². The molecule has 1 saturated heterocycles. The van der Waals surface area contributed by atoms with Crippen LogP contribution >= 0.6 is 11.3 Å². The second kappa shape index (κ2) is 10.2. The second-order valence-corrected chi connectivity index (χ2v) is 10.7. The molecule has 1 aliphatic heterocycles. The molecule has 0 unspecified atom stereocenters. The van der Waals surface area contributed by atoms with Crippen LogP contribution in [0.25, 0.3) is 0 Å². The average Bonchev–Trinajstić information content (AvgIpc) is 3.53. The number of hydrogen-bond acceptors (Lipinski definition) is 5. The number of amides is 2. The summed E-state index contributed by atoms with van der Waals surface area (Å²) < 4.78 is 27.4. The second-order valence-electron chi connectivity index (χ2n) is 7.89. The van der Waals surface area contributed by atoms with Gasteiger partial charge in [0.1, 0.15) is 4.21 Å². The maximum atomic E-state index is 12.6. The van der Waals surface area contributed by atoms with E-state index in [0.29, 0.717) is 17.8 Å². The fraction of sp³-hybridized carbons (Fsp3) is 0.250. The summed E-state index contributed by atoms with van der Waals surface area (Å²) in [6.45, 7) is 1.93. The summed E-state index contributed by atoms with van der Waals surface area (Å²) in [7, 11) is -3.60. The molecular formula is C24H25N3O4S2. The van der Waals surface area contributed by atoms with Crippen LogP contribution in [-0.4, -0.2) is 38.2 Å². The number of rotatable bonds is 8. The van der Waals surface area contributed by atoms with Crippen molar-refractivity contribution >= 4 is 38.9 Å². The number of carbonyl (C=O) groups is 2. The SMILES string of the molecule is O=C(Cc1ccc(NS(=O)(=O)c2cccs2)cc1)NCc1cccc(C(=O)N2CCCC2)c1. The van der Waals surface area contributed by atoms with Gasteiger partial charge in [0, 0.05) is 30.9 Å². The molecule has 0 bridgehead atoms. The molecule has 9 heteroatoms. The van der Waals surface area contributed by atoms with E-state index in [-0.39, 0.29) is 22.4 Å². The van der Waals surface area contributed by atoms with Crippen LogP contribution in [0.5, 0.6) is 0 Å². The van der Waals surface area contributed by atoms with Crippen molar-refractivity contribution < 1.29 is 18.0 Å². The van der Waals surface area contributed by atoms with Gasteiger partial charge in [-0.05, 0) is 59.7 Å². The van der Waals surface area contributed by atoms with Crippen molar-refractivity contribution in [3.63, 3.8) is 0 Å². The first-order valence-electron chi connectivity index (χ1n) is 10.7. The number of benzene rings is 2. The van der Waals surface area contributed by atoms with Crippen LogP contribution in [0.15, 0.2) is 70.3 Å². The van der Waals surface area contributed by atoms with Crippen molar-refractivity contribution in [2.24, 2.45) is 0 Å². The third kappa shape index (κ3) is 6.00. The maximum Gasteiger partial charge on any atom is 0.271 e. The molecule has 2 heterocycles. The zero-order chi connectivity index (χ0) is 23.3. The first-order chi connectivity index (χ1) is 15.9. The van der Waals surface area contributed by atoms with Crippen molar-refractivity contribution in [3.05, 3.63) is 82.7 Å². The van der Waals surface area contributed by atoms with E-state index in [0.717, 1.165) is 48.4 Å². The van der Waals surface area contributed by atoms with Crippen LogP contribution < -0.4 is 10.0 Å². The molecule has 1 fully saturated rings. The standard InChI is InChI=1S/C24H25N3O4S2/c28-22(25-17-19-5-3-6-20(15-19)24(29)27-12-1-2-13-27)16-18-8-10-21(11-9-18)26-33(30,31)23-7-4-14-32-23/h3-11,14-15,26H,1-2,12-13,16-17H2,(H,25,28). The van der Waals surface area contributed by atoms with E-state index < -0.39 is 10.0 Å². The number of nitrogens with zero attached hydrogens (tertiary/aromatic N) is 1. The number of hydrogen-bond donors (Lipinski definition) is 2. The Morgan fingerprint density at radius 2 is 1.70 bits per heavy atom. The molecule has 2 amide bonds. The minimum atomic E-state index is -3.60. The molecule has 33 heavy (non-hydrogen) atoms. The highest BCUT2D eigenvalue weighted by atomic mass is 32.2. The monoisotopic (exact) mass is 483 g/mol. The zero-order valence-electron chi connectivity index (χ0n) is 18.0. The van der Waals surface area contributed by atoms with Gasteiger partial charge in [-0.15, -0.1) is 11.3 Å². The molecule has 172 valence electrons. The Morgan fingerprint density at radius 3 is 2.39 bits per heavy atom. The number of sulfonamides is 1. The highest BCUT2D eigenvalue weighted by Crippen LogP contribution is 2.20. The van der Waals surface area contributed by atoms with Crippen LogP contribution in [0.4, 0.5) is 5.69 Å². The Labute approximate surface area is 197 Å². The average molecular weight is 484 g/mol. The zero-order valence-corrected chi connectivity index (χ0v) is 19.6. The van der Waals surface area contributed by atoms with E-state index in [1.54, 1.807) is 47.8 Å². The van der Waals surface area contributed by atoms with Gasteiger partial charge in [0.05, 0.1) is 6.42 Å². The predicted molar refractivity (Wildman–Crippen MR) is 129 cm³/mol. The third-order valence-electron chi connectivity index (χ3n) is 5.39. The highest BCUT2D eigenvalue weighted by Gasteiger charge is 2.19. The molecule has 3 aromatic rings. The lowest BCUT2D eigenvalue weighted by Gasteiger charge is -2.15. The largest absolute Gasteiger partial charge is 0.352 e. The number of nitrogens with one attached hydrogen (secondary N) is 2. The number of carbonyl (C=O) groups excluding carboxylic acids is 2. The molecule has 0 radical (unpaired) electrons. The fourth-order valence-electron chi connectivity index (χ4n) is 3.68. The molecule has 0 saturated carbocycles. The Hall–Kier alpha value is -3.17. The fourth-order valence-corrected chi connectivity index (χ4v) is 5.73. The van der Waals surface area contributed by atoms with Gasteiger partial charge in [-0.1, -0.05) is 30.3 Å². The van der Waals surface area contributed by atoms with Gasteiger partial charge in [0.25, 0.3) is 15.9 Å². The molecule has 0 spiro atoms. The van der Waals surface area contributed by atoms with Gasteiger partial charge in [-0.25, -0.2) is 8.42 Å². The Kier molecular flexibility index (Phi) is 7.10. The van der Waals surface area contributed by atoms with Gasteiger partial charge in [-0.2, -0.15) is 0 Å². The van der Waals surface area contributed by atoms with Crippen LogP contribution in [0.3, 0.4) is 0 Å². The minimum absolute atomic E-state index is 0.0375. The molecule has 0 aliphatic carbocycles. The van der Waals surface area contributed by atoms with Crippen molar-refractivity contribution in [2.75, 3.05) is 17.8 Å². The smallest absolute Gasteiger partial charge is 0.271 e. The maximum absolute atomic E-state index is 12.6. The van der Waals surface area contributed by atoms with E-state index in [4.69, 9.17) is 0 Å². The molecule has 1 aromatic heterocycles. The lowest BCUT2D eigenvalue weighted by atomic mass is 10.1. The number of anilines is 1. The summed E-state index contributed by atoms with van der Waals surface area (Å²) in [4.78, 5) is 26.8. The molecule has 4 rings (SSSR count). The summed E-state index contributed by atoms with van der Waals surface area (Å²) >= 11 is 1.15. The van der Waals surface area contributed by atoms with E-state index in [1.165, 1.54) is 0 Å². The highest BCUT2D eigenvalue weighted by molar-refractivity contribution is 7.94. The topological polar surface area (TPSA) is 95.6 Å². The minimum Gasteiger partial charge on any atom is -0.352 e. The third-order valence-corrected chi connectivity index (χ3v) is 8.17. The van der Waals surface area contributed by atoms with E-state index >= 15 is 0 Å². The molecule has 0 atom stereocenters. The summed E-state index contributed by atoms with van der Waals surface area (Å²) in [6, 6.07) is 17.3.